The van der Waals surface area contributed by atoms with Crippen LogP contribution in [0, 0.1) is 10.1 Å². The van der Waals surface area contributed by atoms with Crippen LogP contribution in [0.15, 0.2) is 58.4 Å². The molecule has 0 aromatic heterocycles. The van der Waals surface area contributed by atoms with E-state index >= 15 is 0 Å². The molecule has 2 aliphatic heterocycles. The first-order valence-electron chi connectivity index (χ1n) is 8.78. The lowest BCUT2D eigenvalue weighted by atomic mass is 9.95. The van der Waals surface area contributed by atoms with Crippen LogP contribution in [0.25, 0.3) is 0 Å². The van der Waals surface area contributed by atoms with E-state index in [0.717, 1.165) is 11.3 Å². The van der Waals surface area contributed by atoms with Crippen LogP contribution in [0.2, 0.25) is 0 Å². The van der Waals surface area contributed by atoms with Crippen LogP contribution in [0.1, 0.15) is 18.4 Å². The van der Waals surface area contributed by atoms with E-state index < -0.39 is 20.6 Å². The first-order chi connectivity index (χ1) is 13.3. The Morgan fingerprint density at radius 2 is 1.72 bits per heavy atom. The zero-order chi connectivity index (χ0) is 19.9. The number of nitrogens with zero attached hydrogens (tertiary/aromatic N) is 3. The number of sulfonamides is 1. The van der Waals surface area contributed by atoms with Crippen molar-refractivity contribution in [1.82, 2.24) is 4.31 Å². The Labute approximate surface area is 174 Å². The van der Waals surface area contributed by atoms with Crippen molar-refractivity contribution in [1.29, 1.82) is 0 Å². The van der Waals surface area contributed by atoms with Gasteiger partial charge in [-0.1, -0.05) is 12.1 Å². The lowest BCUT2D eigenvalue weighted by molar-refractivity contribution is -0.384. The molecule has 0 bridgehead atoms. The summed E-state index contributed by atoms with van der Waals surface area (Å²) in [6.07, 6.45) is 0.933. The molecule has 1 spiro atoms. The third-order valence-electron chi connectivity index (χ3n) is 5.14. The van der Waals surface area contributed by atoms with Gasteiger partial charge in [0.05, 0.1) is 9.82 Å². The van der Waals surface area contributed by atoms with E-state index in [1.165, 1.54) is 28.6 Å². The molecule has 2 aliphatic rings. The van der Waals surface area contributed by atoms with Gasteiger partial charge in [0.1, 0.15) is 11.5 Å². The summed E-state index contributed by atoms with van der Waals surface area (Å²) in [4.78, 5) is 14.9. The second kappa shape index (κ2) is 7.62. The first kappa shape index (κ1) is 21.0. The summed E-state index contributed by atoms with van der Waals surface area (Å²) in [5.41, 5.74) is 7.09. The van der Waals surface area contributed by atoms with E-state index in [2.05, 4.69) is 10.3 Å². The average molecular weight is 438 g/mol. The van der Waals surface area contributed by atoms with E-state index in [4.69, 9.17) is 5.73 Å². The quantitative estimate of drug-likeness (QED) is 0.559. The molecule has 1 saturated heterocycles. The van der Waals surface area contributed by atoms with Crippen LogP contribution >= 0.6 is 12.4 Å². The minimum absolute atomic E-state index is 0. The zero-order valence-electron chi connectivity index (χ0n) is 15.3. The van der Waals surface area contributed by atoms with Crippen molar-refractivity contribution in [2.24, 2.45) is 10.7 Å². The molecule has 0 saturated carbocycles. The summed E-state index contributed by atoms with van der Waals surface area (Å²) in [5, 5.41) is 14.2. The topological polar surface area (TPSA) is 131 Å². The van der Waals surface area contributed by atoms with E-state index in [-0.39, 0.29) is 36.1 Å². The van der Waals surface area contributed by atoms with Crippen LogP contribution in [0.4, 0.5) is 11.4 Å². The van der Waals surface area contributed by atoms with Gasteiger partial charge in [0, 0.05) is 49.3 Å². The van der Waals surface area contributed by atoms with Crippen molar-refractivity contribution < 1.29 is 13.3 Å². The van der Waals surface area contributed by atoms with E-state index in [1.54, 1.807) is 0 Å². The molecule has 2 aromatic rings. The molecule has 154 valence electrons. The molecule has 4 rings (SSSR count). The smallest absolute Gasteiger partial charge is 0.269 e. The largest absolute Gasteiger partial charge is 0.383 e. The Hall–Kier alpha value is -2.69. The highest BCUT2D eigenvalue weighted by Gasteiger charge is 2.40. The van der Waals surface area contributed by atoms with E-state index in [9.17, 15) is 18.5 Å². The average Bonchev–Trinajstić information content (AvgIpc) is 2.68. The highest BCUT2D eigenvalue weighted by Crippen LogP contribution is 2.35. The molecule has 2 aromatic carbocycles. The number of benzene rings is 2. The van der Waals surface area contributed by atoms with Gasteiger partial charge in [-0.05, 0) is 24.3 Å². The van der Waals surface area contributed by atoms with Crippen molar-refractivity contribution in [3.63, 3.8) is 0 Å². The molecule has 0 atom stereocenters. The minimum atomic E-state index is -3.73. The number of rotatable bonds is 3. The summed E-state index contributed by atoms with van der Waals surface area (Å²) >= 11 is 0. The van der Waals surface area contributed by atoms with E-state index in [1.807, 2.05) is 24.3 Å². The molecule has 0 aliphatic carbocycles. The number of hydrogen-bond donors (Lipinski definition) is 2. The summed E-state index contributed by atoms with van der Waals surface area (Å²) < 4.78 is 27.1. The fourth-order valence-corrected chi connectivity index (χ4v) is 5.05. The van der Waals surface area contributed by atoms with Gasteiger partial charge in [-0.25, -0.2) is 13.4 Å². The van der Waals surface area contributed by atoms with Gasteiger partial charge in [0.2, 0.25) is 10.0 Å². The third kappa shape index (κ3) is 3.78. The summed E-state index contributed by atoms with van der Waals surface area (Å²) in [7, 11) is -3.73. The number of halogens is 1. The normalized spacial score (nSPS) is 18.1. The minimum Gasteiger partial charge on any atom is -0.383 e. The number of aliphatic imine (C=N–C) groups is 1. The number of nitro groups is 1. The molecule has 0 radical (unpaired) electrons. The number of nitro benzene ring substituents is 1. The van der Waals surface area contributed by atoms with E-state index in [0.29, 0.717) is 18.7 Å². The SMILES string of the molecule is Cl.NC1=NC2(CCN(S(=O)(=O)c3ccc([N+](=O)[O-])cc3)CC2)Nc2ccccc21. The standard InChI is InChI=1S/C18H19N5O4S.ClH/c19-17-15-3-1-2-4-16(15)20-18(21-17)9-11-22(12-10-18)28(26,27)14-7-5-13(6-8-14)23(24)25;/h1-8,20H,9-12H2,(H2,19,21);1H. The molecule has 3 N–H and O–H groups in total. The fourth-order valence-electron chi connectivity index (χ4n) is 3.61. The Balaban J connectivity index is 0.00000240. The van der Waals surface area contributed by atoms with Crippen LogP contribution in [0.3, 0.4) is 0 Å². The molecule has 29 heavy (non-hydrogen) atoms. The number of nitrogens with two attached hydrogens (primary N) is 1. The predicted octanol–water partition coefficient (Wildman–Crippen LogP) is 2.33. The van der Waals surface area contributed by atoms with Gasteiger partial charge >= 0.3 is 0 Å². The summed E-state index contributed by atoms with van der Waals surface area (Å²) in [5.74, 6) is 0.445. The second-order valence-electron chi connectivity index (χ2n) is 6.85. The van der Waals surface area contributed by atoms with Gasteiger partial charge in [-0.3, -0.25) is 10.1 Å². The highest BCUT2D eigenvalue weighted by molar-refractivity contribution is 7.89. The highest BCUT2D eigenvalue weighted by atomic mass is 35.5. The summed E-state index contributed by atoms with van der Waals surface area (Å²) in [6, 6.07) is 12.5. The maximum atomic E-state index is 12.9. The van der Waals surface area contributed by atoms with Gasteiger partial charge in [0.25, 0.3) is 5.69 Å². The molecule has 9 nitrogen and oxygen atoms in total. The van der Waals surface area contributed by atoms with Crippen molar-refractivity contribution in [2.75, 3.05) is 18.4 Å². The van der Waals surface area contributed by atoms with Crippen molar-refractivity contribution in [3.8, 4) is 0 Å². The Kier molecular flexibility index (Phi) is 5.52. The maximum absolute atomic E-state index is 12.9. The Morgan fingerprint density at radius 1 is 1.10 bits per heavy atom. The number of anilines is 1. The number of nitrogens with one attached hydrogen (secondary N) is 1. The number of hydrogen-bond acceptors (Lipinski definition) is 7. The predicted molar refractivity (Wildman–Crippen MR) is 112 cm³/mol. The number of para-hydroxylation sites is 1. The number of amidine groups is 1. The van der Waals surface area contributed by atoms with Crippen molar-refractivity contribution in [2.45, 2.75) is 23.4 Å². The van der Waals surface area contributed by atoms with Crippen LogP contribution < -0.4 is 11.1 Å². The Morgan fingerprint density at radius 3 is 2.34 bits per heavy atom. The molecule has 2 heterocycles. The Bertz CT molecular complexity index is 1060. The first-order valence-corrected chi connectivity index (χ1v) is 10.2. The molecule has 1 fully saturated rings. The monoisotopic (exact) mass is 437 g/mol. The lowest BCUT2D eigenvalue weighted by Gasteiger charge is -2.42. The van der Waals surface area contributed by atoms with Crippen LogP contribution in [-0.2, 0) is 10.0 Å². The summed E-state index contributed by atoms with van der Waals surface area (Å²) in [6.45, 7) is 0.538. The molecular weight excluding hydrogens is 418 g/mol. The van der Waals surface area contributed by atoms with Crippen molar-refractivity contribution >= 4 is 39.6 Å². The van der Waals surface area contributed by atoms with Crippen LogP contribution in [-0.4, -0.2) is 42.2 Å². The molecule has 11 heteroatoms. The van der Waals surface area contributed by atoms with Gasteiger partial charge in [-0.2, -0.15) is 4.31 Å². The maximum Gasteiger partial charge on any atom is 0.269 e. The molecular formula is C18H20ClN5O4S. The lowest BCUT2D eigenvalue weighted by Crippen LogP contribution is -2.52. The second-order valence-corrected chi connectivity index (χ2v) is 8.79. The number of non-ortho nitro benzene ring substituents is 1. The third-order valence-corrected chi connectivity index (χ3v) is 7.05. The van der Waals surface area contributed by atoms with Crippen LogP contribution in [0.5, 0.6) is 0 Å². The van der Waals surface area contributed by atoms with Gasteiger partial charge in [-0.15, -0.1) is 12.4 Å². The fraction of sp³-hybridized carbons (Fsp3) is 0.278. The molecule has 0 unspecified atom stereocenters. The zero-order valence-corrected chi connectivity index (χ0v) is 16.9. The van der Waals surface area contributed by atoms with Gasteiger partial charge < -0.3 is 11.1 Å². The number of fused-ring (bicyclic) bond motifs is 1. The number of piperidine rings is 1. The van der Waals surface area contributed by atoms with Gasteiger partial charge in [0.15, 0.2) is 0 Å². The molecule has 0 amide bonds. The van der Waals surface area contributed by atoms with Crippen molar-refractivity contribution in [3.05, 3.63) is 64.2 Å².